The van der Waals surface area contributed by atoms with Crippen LogP contribution in [0.1, 0.15) is 131 Å². The maximum absolute atomic E-state index is 15.6. The van der Waals surface area contributed by atoms with Crippen molar-refractivity contribution in [2.75, 3.05) is 13.7 Å². The average molecular weight is 1580 g/mol. The predicted octanol–water partition coefficient (Wildman–Crippen LogP) is 0.494. The molecule has 3 saturated heterocycles. The summed E-state index contributed by atoms with van der Waals surface area (Å²) < 4.78 is 51.6. The Hall–Kier alpha value is -8.27. The summed E-state index contributed by atoms with van der Waals surface area (Å²) in [5.74, 6) is -12.1. The number of aliphatic carboxylic acids is 1. The largest absolute Gasteiger partial charge is 0.508 e. The van der Waals surface area contributed by atoms with E-state index in [4.69, 9.17) is 55.1 Å². The van der Waals surface area contributed by atoms with Gasteiger partial charge in [0.1, 0.15) is 59.4 Å². The summed E-state index contributed by atoms with van der Waals surface area (Å²) in [7, 11) is 1.51. The molecule has 7 heterocycles. The van der Waals surface area contributed by atoms with E-state index in [1.165, 1.54) is 81.6 Å². The number of aliphatic hydroxyl groups excluding tert-OH is 6. The second-order valence-corrected chi connectivity index (χ2v) is 28.6. The minimum absolute atomic E-state index is 0. The molecular formula is C73H92N9O25Y-. The summed E-state index contributed by atoms with van der Waals surface area (Å²) in [5, 5.41) is 129. The molecule has 35 heteroatoms. The number of carbonyl (C=O) groups is 7. The molecular weight excluding hydrogens is 1490 g/mol. The van der Waals surface area contributed by atoms with Gasteiger partial charge in [-0.25, -0.2) is 4.79 Å². The predicted molar refractivity (Wildman–Crippen MR) is 373 cm³/mol. The van der Waals surface area contributed by atoms with Crippen LogP contribution >= 0.6 is 0 Å². The van der Waals surface area contributed by atoms with Gasteiger partial charge in [0.05, 0.1) is 62.1 Å². The zero-order chi connectivity index (χ0) is 78.0. The van der Waals surface area contributed by atoms with Gasteiger partial charge in [-0.3, -0.25) is 28.8 Å². The van der Waals surface area contributed by atoms with Gasteiger partial charge >= 0.3 is 5.97 Å². The molecule has 0 unspecified atom stereocenters. The number of carbonyl (C=O) groups excluding carboxylic acids is 6. The molecule has 12 rings (SSSR count). The summed E-state index contributed by atoms with van der Waals surface area (Å²) in [6, 6.07) is 9.81. The Labute approximate surface area is 645 Å². The van der Waals surface area contributed by atoms with Gasteiger partial charge in [0.25, 0.3) is 0 Å². The topological polar surface area (TPSA) is 546 Å². The van der Waals surface area contributed by atoms with Gasteiger partial charge in [0.2, 0.25) is 47.5 Å². The number of amides is 6. The number of fused-ring (bicyclic) bond motifs is 16. The van der Waals surface area contributed by atoms with Crippen molar-refractivity contribution >= 4 is 41.4 Å². The van der Waals surface area contributed by atoms with Gasteiger partial charge in [-0.15, -0.1) is 17.7 Å². The molecule has 0 aromatic heterocycles. The fraction of sp³-hybridized carbons (Fsp3) is 0.493. The van der Waals surface area contributed by atoms with Crippen LogP contribution in [0.5, 0.6) is 46.0 Å². The Bertz CT molecular complexity index is 4130. The number of hydrogen-bond acceptors (Lipinski definition) is 27. The van der Waals surface area contributed by atoms with Crippen LogP contribution in [0, 0.1) is 18.9 Å². The number of phenols is 3. The second kappa shape index (κ2) is 34.8. The number of benzene rings is 5. The first kappa shape index (κ1) is 83.8. The SMILES string of the molecule is CN[C@H](CC(C)C)C(=O)N[C@H]1C(=O)N[C@@H](CC(N)=O)C(=O)N[C@H]2C(=O)NCc3ccc(O)c(c3)-c3c(O)cc(O)cc3[C@@H](C(=O)O)NC(=O)C[C@H](O[C@H]3C[C@](C)(N)[C@@H](O)[C@H](C)O3)c3ccc(c(C)c3)Oc3cc2cc(c3O[C@@H]2O[C@H](CO)[C@@H](O)[C@H](O)[C@H]2O[C@H]2C[C@](C)(N)[C@@H](O)[C@H](C)O2)Oc2[c-]cc(cc2)[C@H]1O.[Y]. The van der Waals surface area contributed by atoms with E-state index in [1.807, 2.05) is 13.8 Å². The van der Waals surface area contributed by atoms with E-state index >= 15 is 9.59 Å². The summed E-state index contributed by atoms with van der Waals surface area (Å²) in [5.41, 5.74) is 15.2. The number of aromatic hydroxyl groups is 3. The molecule has 5 aromatic rings. The third-order valence-electron chi connectivity index (χ3n) is 19.4. The minimum Gasteiger partial charge on any atom is -0.508 e. The Kier molecular flexibility index (Phi) is 27.0. The number of likely N-dealkylation sites (N-methyl/N-ethyl adjacent to an activating group) is 1. The summed E-state index contributed by atoms with van der Waals surface area (Å²) in [4.78, 5) is 101. The Morgan fingerprint density at radius 3 is 1.99 bits per heavy atom. The zero-order valence-corrected chi connectivity index (χ0v) is 63.2. The Morgan fingerprint density at radius 1 is 0.750 bits per heavy atom. The van der Waals surface area contributed by atoms with Crippen molar-refractivity contribution < 1.29 is 155 Å². The van der Waals surface area contributed by atoms with E-state index in [9.17, 15) is 75.0 Å². The molecule has 9 bridgehead atoms. The van der Waals surface area contributed by atoms with E-state index in [0.717, 1.165) is 18.2 Å². The smallest absolute Gasteiger partial charge is 0.330 e. The molecule has 108 heavy (non-hydrogen) atoms. The number of phenolic OH excluding ortho intramolecular Hbond substituents is 3. The maximum atomic E-state index is 15.6. The van der Waals surface area contributed by atoms with Gasteiger partial charge in [0, 0.05) is 91.7 Å². The van der Waals surface area contributed by atoms with Crippen LogP contribution in [0.2, 0.25) is 0 Å². The first-order chi connectivity index (χ1) is 50.4. The molecule has 34 nitrogen and oxygen atoms in total. The number of carboxylic acid groups (broad SMARTS) is 1. The molecule has 0 saturated carbocycles. The van der Waals surface area contributed by atoms with Crippen molar-refractivity contribution in [3.8, 4) is 57.1 Å². The molecule has 5 aromatic carbocycles. The quantitative estimate of drug-likeness (QED) is 0.0634. The van der Waals surface area contributed by atoms with Crippen molar-refractivity contribution in [1.29, 1.82) is 0 Å². The van der Waals surface area contributed by atoms with Crippen molar-refractivity contribution in [1.82, 2.24) is 31.9 Å². The summed E-state index contributed by atoms with van der Waals surface area (Å²) in [6.45, 7) is 9.94. The fourth-order valence-electron chi connectivity index (χ4n) is 13.6. The van der Waals surface area contributed by atoms with E-state index < -0.39 is 234 Å². The van der Waals surface area contributed by atoms with E-state index in [0.29, 0.717) is 0 Å². The first-order valence-corrected chi connectivity index (χ1v) is 34.7. The van der Waals surface area contributed by atoms with Gasteiger partial charge < -0.3 is 138 Å². The zero-order valence-electron chi connectivity index (χ0n) is 60.3. The molecule has 22 N–H and O–H groups in total. The molecule has 7 aliphatic heterocycles. The van der Waals surface area contributed by atoms with Crippen LogP contribution in [0.25, 0.3) is 11.1 Å². The first-order valence-electron chi connectivity index (χ1n) is 34.7. The van der Waals surface area contributed by atoms with Crippen LogP contribution in [0.15, 0.2) is 78.9 Å². The summed E-state index contributed by atoms with van der Waals surface area (Å²) >= 11 is 0. The van der Waals surface area contributed by atoms with Gasteiger partial charge in [-0.1, -0.05) is 26.0 Å². The number of rotatable bonds is 15. The average Bonchev–Trinajstić information content (AvgIpc) is 0.759. The monoisotopic (exact) mass is 1580 g/mol. The molecule has 0 spiro atoms. The third-order valence-corrected chi connectivity index (χ3v) is 19.4. The molecule has 6 amide bonds. The third kappa shape index (κ3) is 19.1. The standard InChI is InChI=1S/C73H92N9O25.Y/c1-30(2)17-42(77-8)66(94)82-58-59(89)35-10-13-39(14-11-35)102-48-20-37-21-49(62(48)107-71-63(61(91)60(90)50(29-83)105-71)106-54-27-73(7,76)65(93)33(5)101-54)103-46-16-12-36(18-31(46)3)47(104-53-26-72(6,75)64(92)32(4)100-53)25-52(88)80-57(70(98)99)41-22-38(84)23-45(86)55(41)40-19-34(9-15-44(40)85)28-78-68(96)56(37)81-67(95)43(24-51(74)87)79-69(58)97;/h9-13,15-16,18-23,30,32-33,42-43,47,50,53-54,56-61,63-65,71,77,83-86,89-93H,17,24-29,75-76H2,1-8H3,(H2,74,87)(H,78,96)(H,79,97)(H,80,88)(H,81,95)(H,82,94)(H,98,99);/q-1;/t32-,33-,42+,43-,47-,50+,53-,54-,56+,57-,58+,59+,60+,61-,63+,64-,65-,71-,72-,73-;/m0./s1. The number of ether oxygens (including phenoxy) is 8. The number of aliphatic hydroxyl groups is 6. The van der Waals surface area contributed by atoms with Crippen LogP contribution in [-0.4, -0.2) is 203 Å². The van der Waals surface area contributed by atoms with Gasteiger partial charge in [-0.05, 0) is 119 Å². The van der Waals surface area contributed by atoms with Crippen LogP contribution in [-0.2, 0) is 96.5 Å². The number of carboxylic acids is 1. The number of hydrogen-bond donors (Lipinski definition) is 19. The van der Waals surface area contributed by atoms with E-state index in [2.05, 4.69) is 38.0 Å². The molecule has 0 aliphatic carbocycles. The minimum atomic E-state index is -2.10. The van der Waals surface area contributed by atoms with E-state index in [1.54, 1.807) is 20.8 Å². The van der Waals surface area contributed by atoms with Crippen LogP contribution in [0.4, 0.5) is 0 Å². The normalized spacial score (nSPS) is 30.8. The van der Waals surface area contributed by atoms with Crippen molar-refractivity contribution in [3.63, 3.8) is 0 Å². The summed E-state index contributed by atoms with van der Waals surface area (Å²) in [6.07, 6.45) is -21.2. The maximum Gasteiger partial charge on any atom is 0.330 e. The number of nitrogens with one attached hydrogen (secondary N) is 6. The Balaban J connectivity index is 0.0000135. The molecule has 3 fully saturated rings. The second-order valence-electron chi connectivity index (χ2n) is 28.6. The van der Waals surface area contributed by atoms with Gasteiger partial charge in [-0.2, -0.15) is 12.1 Å². The van der Waals surface area contributed by atoms with Crippen LogP contribution in [0.3, 0.4) is 0 Å². The van der Waals surface area contributed by atoms with Crippen LogP contribution < -0.4 is 63.3 Å². The molecule has 583 valence electrons. The Morgan fingerprint density at radius 2 is 1.40 bits per heavy atom. The number of primary amides is 1. The van der Waals surface area contributed by atoms with E-state index in [-0.39, 0.29) is 103 Å². The molecule has 7 aliphatic rings. The number of nitrogens with two attached hydrogens (primary N) is 3. The van der Waals surface area contributed by atoms with Crippen molar-refractivity contribution in [3.05, 3.63) is 118 Å². The fourth-order valence-corrected chi connectivity index (χ4v) is 13.6. The van der Waals surface area contributed by atoms with Crippen molar-refractivity contribution in [2.45, 2.75) is 208 Å². The molecule has 20 atom stereocenters. The van der Waals surface area contributed by atoms with Gasteiger partial charge in [0.15, 0.2) is 36.2 Å². The van der Waals surface area contributed by atoms with Crippen molar-refractivity contribution in [2.24, 2.45) is 23.1 Å². The molecule has 1 radical (unpaired) electrons. The number of aryl methyl sites for hydroxylation is 1.